The van der Waals surface area contributed by atoms with Gasteiger partial charge in [0, 0.05) is 54.5 Å². The van der Waals surface area contributed by atoms with Gasteiger partial charge in [-0.15, -0.1) is 11.8 Å². The Kier molecular flexibility index (Phi) is 6.60. The lowest BCUT2D eigenvalue weighted by Crippen LogP contribution is -2.44. The molecule has 3 aliphatic rings. The summed E-state index contributed by atoms with van der Waals surface area (Å²) in [6.07, 6.45) is 0.507. The molecule has 3 aromatic rings. The van der Waals surface area contributed by atoms with E-state index in [1.54, 1.807) is 11.8 Å². The fraction of sp³-hybridized carbons (Fsp3) is 0.429. The van der Waals surface area contributed by atoms with Crippen LogP contribution in [0.3, 0.4) is 0 Å². The Morgan fingerprint density at radius 2 is 1.75 bits per heavy atom. The Labute approximate surface area is 216 Å². The zero-order valence-electron chi connectivity index (χ0n) is 20.9. The van der Waals surface area contributed by atoms with Gasteiger partial charge < -0.3 is 14.4 Å². The van der Waals surface area contributed by atoms with Gasteiger partial charge in [-0.25, -0.2) is 4.68 Å². The molecule has 3 aliphatic heterocycles. The topological polar surface area (TPSA) is 59.8 Å². The summed E-state index contributed by atoms with van der Waals surface area (Å²) in [5, 5.41) is 4.95. The van der Waals surface area contributed by atoms with Gasteiger partial charge in [0.15, 0.2) is 5.69 Å². The van der Waals surface area contributed by atoms with Crippen molar-refractivity contribution in [2.24, 2.45) is 0 Å². The minimum atomic E-state index is 0.000424. The molecule has 0 bridgehead atoms. The van der Waals surface area contributed by atoms with Crippen LogP contribution in [-0.4, -0.2) is 77.1 Å². The first-order valence-corrected chi connectivity index (χ1v) is 13.7. The van der Waals surface area contributed by atoms with E-state index in [1.165, 1.54) is 10.5 Å². The number of hydrogen-bond donors (Lipinski definition) is 0. The van der Waals surface area contributed by atoms with Gasteiger partial charge in [0.25, 0.3) is 5.91 Å². The van der Waals surface area contributed by atoms with Gasteiger partial charge in [0.2, 0.25) is 0 Å². The third kappa shape index (κ3) is 4.59. The molecule has 1 aromatic heterocycles. The largest absolute Gasteiger partial charge is 0.378 e. The van der Waals surface area contributed by atoms with E-state index < -0.39 is 0 Å². The molecule has 2 fully saturated rings. The molecule has 2 unspecified atom stereocenters. The van der Waals surface area contributed by atoms with Crippen molar-refractivity contribution in [2.45, 2.75) is 43.2 Å². The fourth-order valence-corrected chi connectivity index (χ4v) is 6.56. The van der Waals surface area contributed by atoms with Crippen LogP contribution in [0.5, 0.6) is 0 Å². The van der Waals surface area contributed by atoms with Gasteiger partial charge in [0.1, 0.15) is 0 Å². The van der Waals surface area contributed by atoms with Crippen LogP contribution in [0.15, 0.2) is 53.4 Å². The van der Waals surface area contributed by atoms with Gasteiger partial charge in [0.05, 0.1) is 36.8 Å². The van der Waals surface area contributed by atoms with Gasteiger partial charge in [-0.1, -0.05) is 30.3 Å². The second-order valence-electron chi connectivity index (χ2n) is 9.89. The van der Waals surface area contributed by atoms with Crippen molar-refractivity contribution in [3.63, 3.8) is 0 Å². The standard InChI is InChI=1S/C28H32N4O3S/c1-19-15-30(16-20(2)35-19)17-21-7-9-22(10-8-21)32-27-23-5-3-4-6-25(23)36-18-24(27)26(29-32)28(33)31-11-13-34-14-12-31/h3-10,19-20H,11-18H2,1-2H3. The number of nitrogens with zero attached hydrogens (tertiary/aromatic N) is 4. The van der Waals surface area contributed by atoms with Crippen molar-refractivity contribution in [1.82, 2.24) is 19.6 Å². The van der Waals surface area contributed by atoms with Crippen LogP contribution in [0.25, 0.3) is 16.9 Å². The molecule has 7 nitrogen and oxygen atoms in total. The van der Waals surface area contributed by atoms with Gasteiger partial charge in [-0.2, -0.15) is 5.10 Å². The zero-order valence-corrected chi connectivity index (χ0v) is 21.7. The average Bonchev–Trinajstić information content (AvgIpc) is 3.29. The number of ether oxygens (including phenoxy) is 2. The molecule has 0 aliphatic carbocycles. The fourth-order valence-electron chi connectivity index (χ4n) is 5.49. The predicted molar refractivity (Wildman–Crippen MR) is 141 cm³/mol. The quantitative estimate of drug-likeness (QED) is 0.530. The highest BCUT2D eigenvalue weighted by atomic mass is 32.2. The van der Waals surface area contributed by atoms with Crippen molar-refractivity contribution >= 4 is 17.7 Å². The maximum Gasteiger partial charge on any atom is 0.274 e. The third-order valence-corrected chi connectivity index (χ3v) is 8.18. The van der Waals surface area contributed by atoms with Gasteiger partial charge >= 0.3 is 0 Å². The Hall–Kier alpha value is -2.65. The van der Waals surface area contributed by atoms with Crippen molar-refractivity contribution in [3.05, 3.63) is 65.4 Å². The molecule has 0 spiro atoms. The molecular weight excluding hydrogens is 472 g/mol. The highest BCUT2D eigenvalue weighted by Crippen LogP contribution is 2.43. The van der Waals surface area contributed by atoms with Crippen LogP contribution in [0, 0.1) is 0 Å². The molecule has 2 aromatic carbocycles. The zero-order chi connectivity index (χ0) is 24.6. The van der Waals surface area contributed by atoms with E-state index in [9.17, 15) is 4.79 Å². The lowest BCUT2D eigenvalue weighted by molar-refractivity contribution is -0.0704. The second kappa shape index (κ2) is 10.0. The molecule has 0 saturated carbocycles. The molecule has 36 heavy (non-hydrogen) atoms. The summed E-state index contributed by atoms with van der Waals surface area (Å²) in [4.78, 5) is 19.1. The molecular formula is C28H32N4O3S. The first-order chi connectivity index (χ1) is 17.6. The first kappa shape index (κ1) is 23.7. The van der Waals surface area contributed by atoms with E-state index in [0.717, 1.165) is 47.9 Å². The van der Waals surface area contributed by atoms with Gasteiger partial charge in [-0.05, 0) is 37.6 Å². The minimum absolute atomic E-state index is 0.000424. The summed E-state index contributed by atoms with van der Waals surface area (Å²) in [5.41, 5.74) is 6.00. The smallest absolute Gasteiger partial charge is 0.274 e. The number of aromatic nitrogens is 2. The minimum Gasteiger partial charge on any atom is -0.378 e. The number of carbonyl (C=O) groups is 1. The molecule has 2 atom stereocenters. The van der Waals surface area contributed by atoms with E-state index >= 15 is 0 Å². The summed E-state index contributed by atoms with van der Waals surface area (Å²) in [7, 11) is 0. The summed E-state index contributed by atoms with van der Waals surface area (Å²) in [6.45, 7) is 9.44. The number of morpholine rings is 2. The van der Waals surface area contributed by atoms with Crippen molar-refractivity contribution in [2.75, 3.05) is 39.4 Å². The van der Waals surface area contributed by atoms with Crippen LogP contribution < -0.4 is 0 Å². The molecule has 1 amide bonds. The van der Waals surface area contributed by atoms with E-state index in [0.29, 0.717) is 32.0 Å². The number of hydrogen-bond acceptors (Lipinski definition) is 6. The van der Waals surface area contributed by atoms with Crippen molar-refractivity contribution < 1.29 is 14.3 Å². The summed E-state index contributed by atoms with van der Waals surface area (Å²) in [6, 6.07) is 17.0. The Morgan fingerprint density at radius 1 is 1.03 bits per heavy atom. The second-order valence-corrected chi connectivity index (χ2v) is 10.9. The highest BCUT2D eigenvalue weighted by Gasteiger charge is 2.32. The Bertz CT molecular complexity index is 1240. The number of benzene rings is 2. The normalized spacial score (nSPS) is 22.2. The predicted octanol–water partition coefficient (Wildman–Crippen LogP) is 4.23. The number of carbonyl (C=O) groups excluding carboxylic acids is 1. The lowest BCUT2D eigenvalue weighted by atomic mass is 10.0. The average molecular weight is 505 g/mol. The summed E-state index contributed by atoms with van der Waals surface area (Å²) >= 11 is 1.78. The maximum atomic E-state index is 13.5. The maximum absolute atomic E-state index is 13.5. The van der Waals surface area contributed by atoms with Crippen molar-refractivity contribution in [1.29, 1.82) is 0 Å². The van der Waals surface area contributed by atoms with Crippen LogP contribution in [0.1, 0.15) is 35.5 Å². The van der Waals surface area contributed by atoms with E-state index in [-0.39, 0.29) is 18.1 Å². The van der Waals surface area contributed by atoms with Crippen LogP contribution in [0.2, 0.25) is 0 Å². The van der Waals surface area contributed by atoms with Crippen LogP contribution >= 0.6 is 11.8 Å². The molecule has 8 heteroatoms. The van der Waals surface area contributed by atoms with Crippen LogP contribution in [0.4, 0.5) is 0 Å². The first-order valence-electron chi connectivity index (χ1n) is 12.7. The Balaban J connectivity index is 1.34. The molecule has 2 saturated heterocycles. The lowest BCUT2D eigenvalue weighted by Gasteiger charge is -2.35. The molecule has 0 N–H and O–H groups in total. The highest BCUT2D eigenvalue weighted by molar-refractivity contribution is 7.98. The van der Waals surface area contributed by atoms with E-state index in [4.69, 9.17) is 14.6 Å². The van der Waals surface area contributed by atoms with E-state index in [2.05, 4.69) is 67.3 Å². The van der Waals surface area contributed by atoms with Crippen LogP contribution in [-0.2, 0) is 21.8 Å². The monoisotopic (exact) mass is 504 g/mol. The van der Waals surface area contributed by atoms with E-state index in [1.807, 2.05) is 9.58 Å². The summed E-state index contributed by atoms with van der Waals surface area (Å²) in [5.74, 6) is 0.740. The number of amides is 1. The molecule has 188 valence electrons. The number of thioether (sulfide) groups is 1. The third-order valence-electron chi connectivity index (χ3n) is 7.08. The number of rotatable bonds is 4. The van der Waals surface area contributed by atoms with Crippen molar-refractivity contribution in [3.8, 4) is 16.9 Å². The molecule has 4 heterocycles. The molecule has 6 rings (SSSR count). The van der Waals surface area contributed by atoms with Gasteiger partial charge in [-0.3, -0.25) is 9.69 Å². The summed E-state index contributed by atoms with van der Waals surface area (Å²) < 4.78 is 13.3. The number of fused-ring (bicyclic) bond motifs is 3. The Morgan fingerprint density at radius 3 is 2.50 bits per heavy atom. The molecule has 0 radical (unpaired) electrons. The SMILES string of the molecule is CC1CN(Cc2ccc(-n3nc(C(=O)N4CCOCC4)c4c3-c3ccccc3SC4)cc2)CC(C)O1.